The summed E-state index contributed by atoms with van der Waals surface area (Å²) < 4.78 is 16.1. The normalized spacial score (nSPS) is 11.6. The van der Waals surface area contributed by atoms with Crippen molar-refractivity contribution in [3.05, 3.63) is 88.6 Å². The van der Waals surface area contributed by atoms with Crippen LogP contribution in [0.5, 0.6) is 23.0 Å². The maximum atomic E-state index is 13.4. The number of pyridine rings is 1. The number of nitrogens with zero attached hydrogens (tertiary/aromatic N) is 1. The van der Waals surface area contributed by atoms with Crippen LogP contribution in [0.15, 0.2) is 66.9 Å². The molecule has 1 amide bonds. The second-order valence-corrected chi connectivity index (χ2v) is 7.83. The molecule has 4 aromatic rings. The number of amides is 1. The molecule has 1 heterocycles. The number of rotatable bonds is 7. The van der Waals surface area contributed by atoms with Crippen molar-refractivity contribution in [3.63, 3.8) is 0 Å². The lowest BCUT2D eigenvalue weighted by atomic mass is 9.95. The maximum Gasteiger partial charge on any atom is 0.252 e. The molecule has 2 N–H and O–H groups in total. The Bertz CT molecular complexity index is 1320. The van der Waals surface area contributed by atoms with Crippen molar-refractivity contribution < 1.29 is 24.1 Å². The van der Waals surface area contributed by atoms with Gasteiger partial charge in [0, 0.05) is 22.7 Å². The van der Waals surface area contributed by atoms with Crippen LogP contribution in [-0.4, -0.2) is 37.3 Å². The first kappa shape index (κ1) is 23.2. The Balaban J connectivity index is 1.82. The van der Waals surface area contributed by atoms with Crippen molar-refractivity contribution in [1.82, 2.24) is 10.3 Å². The predicted octanol–water partition coefficient (Wildman–Crippen LogP) is 5.14. The lowest BCUT2D eigenvalue weighted by molar-refractivity contribution is 0.0942. The van der Waals surface area contributed by atoms with Crippen LogP contribution in [0.1, 0.15) is 27.5 Å². The summed E-state index contributed by atoms with van der Waals surface area (Å²) in [6.45, 7) is 0. The van der Waals surface area contributed by atoms with E-state index in [1.165, 1.54) is 21.3 Å². The quantitative estimate of drug-likeness (QED) is 0.382. The number of hydrogen-bond acceptors (Lipinski definition) is 6. The topological polar surface area (TPSA) is 89.9 Å². The molecule has 174 valence electrons. The van der Waals surface area contributed by atoms with Gasteiger partial charge in [-0.1, -0.05) is 41.9 Å². The van der Waals surface area contributed by atoms with Crippen molar-refractivity contribution in [1.29, 1.82) is 0 Å². The lowest BCUT2D eigenvalue weighted by Gasteiger charge is -2.22. The zero-order valence-electron chi connectivity index (χ0n) is 18.8. The molecule has 0 bridgehead atoms. The second-order valence-electron chi connectivity index (χ2n) is 7.43. The molecule has 0 saturated heterocycles. The lowest BCUT2D eigenvalue weighted by Crippen LogP contribution is -2.29. The third-order valence-corrected chi connectivity index (χ3v) is 5.80. The number of fused-ring (bicyclic) bond motifs is 1. The third-order valence-electron chi connectivity index (χ3n) is 5.49. The number of carbonyl (C=O) groups excluding carboxylic acids is 1. The highest BCUT2D eigenvalue weighted by Gasteiger charge is 2.25. The maximum absolute atomic E-state index is 13.4. The zero-order chi connectivity index (χ0) is 24.2. The van der Waals surface area contributed by atoms with E-state index < -0.39 is 11.9 Å². The number of phenols is 1. The predicted molar refractivity (Wildman–Crippen MR) is 130 cm³/mol. The molecular weight excluding hydrogens is 456 g/mol. The summed E-state index contributed by atoms with van der Waals surface area (Å²) in [7, 11) is 4.45. The largest absolute Gasteiger partial charge is 0.505 e. The number of hydrogen-bond donors (Lipinski definition) is 2. The Hall–Kier alpha value is -3.97. The second kappa shape index (κ2) is 9.89. The van der Waals surface area contributed by atoms with E-state index >= 15 is 0 Å². The Labute approximate surface area is 201 Å². The number of methoxy groups -OCH3 is 3. The van der Waals surface area contributed by atoms with E-state index in [1.807, 2.05) is 30.3 Å². The molecule has 7 nitrogen and oxygen atoms in total. The van der Waals surface area contributed by atoms with Crippen molar-refractivity contribution in [2.45, 2.75) is 6.04 Å². The highest BCUT2D eigenvalue weighted by Crippen LogP contribution is 2.40. The molecule has 1 unspecified atom stereocenters. The highest BCUT2D eigenvalue weighted by atomic mass is 35.5. The van der Waals surface area contributed by atoms with Crippen LogP contribution in [0.25, 0.3) is 10.9 Å². The Kier molecular flexibility index (Phi) is 6.75. The molecule has 0 aliphatic heterocycles. The van der Waals surface area contributed by atoms with Crippen molar-refractivity contribution >= 4 is 28.4 Å². The Morgan fingerprint density at radius 3 is 2.26 bits per heavy atom. The van der Waals surface area contributed by atoms with Crippen LogP contribution >= 0.6 is 11.6 Å². The molecule has 3 aromatic carbocycles. The minimum absolute atomic E-state index is 0.0564. The fourth-order valence-electron chi connectivity index (χ4n) is 3.84. The van der Waals surface area contributed by atoms with Crippen LogP contribution in [-0.2, 0) is 0 Å². The molecule has 0 fully saturated rings. The monoisotopic (exact) mass is 478 g/mol. The van der Waals surface area contributed by atoms with Crippen LogP contribution < -0.4 is 19.5 Å². The summed E-state index contributed by atoms with van der Waals surface area (Å²) in [6.07, 6.45) is 1.58. The molecule has 1 atom stereocenters. The minimum atomic E-state index is -0.711. The number of phenolic OH excluding ortho intramolecular Hbond substituents is 1. The van der Waals surface area contributed by atoms with Gasteiger partial charge in [-0.2, -0.15) is 0 Å². The number of carbonyl (C=O) groups is 1. The summed E-state index contributed by atoms with van der Waals surface area (Å²) in [5.74, 6) is 0.614. The summed E-state index contributed by atoms with van der Waals surface area (Å²) in [6, 6.07) is 16.9. The van der Waals surface area contributed by atoms with E-state index in [0.717, 1.165) is 5.56 Å². The van der Waals surface area contributed by atoms with E-state index in [1.54, 1.807) is 36.5 Å². The van der Waals surface area contributed by atoms with Crippen molar-refractivity contribution in [3.8, 4) is 23.0 Å². The van der Waals surface area contributed by atoms with Gasteiger partial charge in [0.1, 0.15) is 11.3 Å². The SMILES string of the molecule is COc1cc(C(=O)NC(c2ccccc2)c2cc(Cl)c3cccnc3c2O)cc(OC)c1OC. The molecule has 0 spiro atoms. The molecule has 0 saturated carbocycles. The first-order chi connectivity index (χ1) is 16.5. The van der Waals surface area contributed by atoms with E-state index in [2.05, 4.69) is 10.3 Å². The van der Waals surface area contributed by atoms with Gasteiger partial charge >= 0.3 is 0 Å². The summed E-state index contributed by atoms with van der Waals surface area (Å²) in [5.41, 5.74) is 1.82. The van der Waals surface area contributed by atoms with Gasteiger partial charge in [0.05, 0.1) is 32.4 Å². The Morgan fingerprint density at radius 1 is 0.971 bits per heavy atom. The fourth-order valence-corrected chi connectivity index (χ4v) is 4.11. The smallest absolute Gasteiger partial charge is 0.252 e. The van der Waals surface area contributed by atoms with E-state index in [4.69, 9.17) is 25.8 Å². The number of aromatic nitrogens is 1. The van der Waals surface area contributed by atoms with Gasteiger partial charge in [0.25, 0.3) is 5.91 Å². The number of halogens is 1. The van der Waals surface area contributed by atoms with Crippen LogP contribution in [0.4, 0.5) is 0 Å². The fraction of sp³-hybridized carbons (Fsp3) is 0.154. The molecular formula is C26H23ClN2O5. The van der Waals surface area contributed by atoms with Crippen LogP contribution in [0.2, 0.25) is 5.02 Å². The minimum Gasteiger partial charge on any atom is -0.505 e. The molecule has 0 aliphatic rings. The summed E-state index contributed by atoms with van der Waals surface area (Å²) >= 11 is 6.52. The average molecular weight is 479 g/mol. The molecule has 34 heavy (non-hydrogen) atoms. The highest BCUT2D eigenvalue weighted by molar-refractivity contribution is 6.35. The molecule has 1 aromatic heterocycles. The van der Waals surface area contributed by atoms with Crippen molar-refractivity contribution in [2.24, 2.45) is 0 Å². The van der Waals surface area contributed by atoms with Gasteiger partial charge in [0.2, 0.25) is 5.75 Å². The first-order valence-corrected chi connectivity index (χ1v) is 10.8. The molecule has 0 aliphatic carbocycles. The van der Waals surface area contributed by atoms with Gasteiger partial charge in [-0.05, 0) is 35.9 Å². The molecule has 0 radical (unpaired) electrons. The number of ether oxygens (including phenoxy) is 3. The van der Waals surface area contributed by atoms with E-state index in [0.29, 0.717) is 44.3 Å². The summed E-state index contributed by atoms with van der Waals surface area (Å²) in [5, 5.41) is 15.1. The number of aromatic hydroxyl groups is 1. The number of nitrogens with one attached hydrogen (secondary N) is 1. The van der Waals surface area contributed by atoms with Gasteiger partial charge in [-0.25, -0.2) is 0 Å². The first-order valence-electron chi connectivity index (χ1n) is 10.4. The van der Waals surface area contributed by atoms with E-state index in [9.17, 15) is 9.90 Å². The zero-order valence-corrected chi connectivity index (χ0v) is 19.6. The average Bonchev–Trinajstić information content (AvgIpc) is 2.88. The van der Waals surface area contributed by atoms with Crippen molar-refractivity contribution in [2.75, 3.05) is 21.3 Å². The standard InChI is InChI=1S/C26H23ClN2O5/c1-32-20-12-16(13-21(33-2)25(20)34-3)26(31)29-22(15-8-5-4-6-9-15)18-14-19(27)17-10-7-11-28-23(17)24(18)30/h4-14,22,30H,1-3H3,(H,29,31). The van der Waals surface area contributed by atoms with E-state index in [-0.39, 0.29) is 5.75 Å². The van der Waals surface area contributed by atoms with Gasteiger partial charge < -0.3 is 24.6 Å². The summed E-state index contributed by atoms with van der Waals surface area (Å²) in [4.78, 5) is 17.7. The third kappa shape index (κ3) is 4.30. The van der Waals surface area contributed by atoms with Gasteiger partial charge in [0.15, 0.2) is 11.5 Å². The Morgan fingerprint density at radius 2 is 1.65 bits per heavy atom. The van der Waals surface area contributed by atoms with Crippen LogP contribution in [0.3, 0.4) is 0 Å². The molecule has 4 rings (SSSR count). The molecule has 8 heteroatoms. The number of benzene rings is 3. The van der Waals surface area contributed by atoms with Crippen LogP contribution in [0, 0.1) is 0 Å². The van der Waals surface area contributed by atoms with Gasteiger partial charge in [-0.3, -0.25) is 9.78 Å². The van der Waals surface area contributed by atoms with Gasteiger partial charge in [-0.15, -0.1) is 0 Å².